The molecule has 29 heavy (non-hydrogen) atoms. The number of likely N-dealkylation sites (tertiary alicyclic amines) is 1. The SMILES string of the molecule is CCNC(=NCCCOCC1CCOC1)N1CCC(OCC2CCCCO2)CC1. The van der Waals surface area contributed by atoms with Gasteiger partial charge in [-0.3, -0.25) is 4.99 Å². The highest BCUT2D eigenvalue weighted by molar-refractivity contribution is 5.80. The summed E-state index contributed by atoms with van der Waals surface area (Å²) in [4.78, 5) is 7.19. The van der Waals surface area contributed by atoms with Gasteiger partial charge in [0.1, 0.15) is 0 Å². The maximum Gasteiger partial charge on any atom is 0.193 e. The summed E-state index contributed by atoms with van der Waals surface area (Å²) in [5.41, 5.74) is 0. The van der Waals surface area contributed by atoms with E-state index in [1.807, 2.05) is 0 Å². The Bertz CT molecular complexity index is 457. The fraction of sp³-hybridized carbons (Fsp3) is 0.955. The van der Waals surface area contributed by atoms with Crippen LogP contribution < -0.4 is 5.32 Å². The van der Waals surface area contributed by atoms with Gasteiger partial charge in [0.25, 0.3) is 0 Å². The minimum atomic E-state index is 0.309. The van der Waals surface area contributed by atoms with Crippen molar-refractivity contribution in [1.82, 2.24) is 10.2 Å². The summed E-state index contributed by atoms with van der Waals surface area (Å²) in [6.45, 7) is 10.8. The Morgan fingerprint density at radius 1 is 1.10 bits per heavy atom. The molecule has 1 N–H and O–H groups in total. The third kappa shape index (κ3) is 8.40. The Balaban J connectivity index is 1.29. The van der Waals surface area contributed by atoms with Crippen LogP contribution in [0.1, 0.15) is 51.9 Å². The highest BCUT2D eigenvalue weighted by Crippen LogP contribution is 2.18. The van der Waals surface area contributed by atoms with Gasteiger partial charge in [-0.2, -0.15) is 0 Å². The minimum absolute atomic E-state index is 0.309. The molecule has 0 radical (unpaired) electrons. The Morgan fingerprint density at radius 2 is 2.00 bits per heavy atom. The molecule has 0 bridgehead atoms. The highest BCUT2D eigenvalue weighted by Gasteiger charge is 2.23. The largest absolute Gasteiger partial charge is 0.381 e. The third-order valence-electron chi connectivity index (χ3n) is 5.95. The van der Waals surface area contributed by atoms with Crippen molar-refractivity contribution >= 4 is 5.96 Å². The summed E-state index contributed by atoms with van der Waals surface area (Å²) in [6, 6.07) is 0. The van der Waals surface area contributed by atoms with Crippen molar-refractivity contribution in [2.75, 3.05) is 65.8 Å². The summed E-state index contributed by atoms with van der Waals surface area (Å²) in [6.07, 6.45) is 8.50. The molecule has 0 amide bonds. The van der Waals surface area contributed by atoms with Gasteiger partial charge in [0.05, 0.1) is 32.0 Å². The summed E-state index contributed by atoms with van der Waals surface area (Å²) >= 11 is 0. The Hall–Kier alpha value is -0.890. The number of nitrogens with zero attached hydrogens (tertiary/aromatic N) is 2. The van der Waals surface area contributed by atoms with Crippen LogP contribution in [0.15, 0.2) is 4.99 Å². The van der Waals surface area contributed by atoms with Crippen LogP contribution in [0.4, 0.5) is 0 Å². The van der Waals surface area contributed by atoms with Crippen molar-refractivity contribution in [2.24, 2.45) is 10.9 Å². The van der Waals surface area contributed by atoms with Crippen LogP contribution in [0, 0.1) is 5.92 Å². The van der Waals surface area contributed by atoms with E-state index in [9.17, 15) is 0 Å². The molecule has 3 saturated heterocycles. The van der Waals surface area contributed by atoms with E-state index in [2.05, 4.69) is 17.1 Å². The van der Waals surface area contributed by atoms with Crippen LogP contribution in [-0.4, -0.2) is 88.9 Å². The minimum Gasteiger partial charge on any atom is -0.381 e. The van der Waals surface area contributed by atoms with Crippen molar-refractivity contribution < 1.29 is 18.9 Å². The molecule has 0 aromatic heterocycles. The van der Waals surface area contributed by atoms with Crippen molar-refractivity contribution in [3.05, 3.63) is 0 Å². The third-order valence-corrected chi connectivity index (χ3v) is 5.95. The maximum absolute atomic E-state index is 6.14. The van der Waals surface area contributed by atoms with E-state index in [1.54, 1.807) is 0 Å². The number of rotatable bonds is 10. The molecule has 168 valence electrons. The first-order valence-corrected chi connectivity index (χ1v) is 11.8. The molecule has 2 atom stereocenters. The van der Waals surface area contributed by atoms with Gasteiger partial charge in [0, 0.05) is 51.9 Å². The second kappa shape index (κ2) is 13.4. The van der Waals surface area contributed by atoms with Gasteiger partial charge >= 0.3 is 0 Å². The lowest BCUT2D eigenvalue weighted by molar-refractivity contribution is -0.0721. The van der Waals surface area contributed by atoms with Gasteiger partial charge in [-0.15, -0.1) is 0 Å². The van der Waals surface area contributed by atoms with E-state index in [4.69, 9.17) is 23.9 Å². The van der Waals surface area contributed by atoms with E-state index >= 15 is 0 Å². The number of hydrogen-bond donors (Lipinski definition) is 1. The topological polar surface area (TPSA) is 64.6 Å². The number of aliphatic imine (C=N–C) groups is 1. The molecule has 3 fully saturated rings. The molecule has 0 spiro atoms. The lowest BCUT2D eigenvalue weighted by atomic mass is 10.1. The first-order chi connectivity index (χ1) is 14.3. The van der Waals surface area contributed by atoms with Crippen molar-refractivity contribution in [3.8, 4) is 0 Å². The Morgan fingerprint density at radius 3 is 2.72 bits per heavy atom. The molecule has 2 unspecified atom stereocenters. The van der Waals surface area contributed by atoms with E-state index in [0.29, 0.717) is 18.1 Å². The molecule has 0 aliphatic carbocycles. The van der Waals surface area contributed by atoms with Gasteiger partial charge in [0.15, 0.2) is 5.96 Å². The Kier molecular flexibility index (Phi) is 10.5. The monoisotopic (exact) mass is 411 g/mol. The van der Waals surface area contributed by atoms with Crippen LogP contribution in [0.3, 0.4) is 0 Å². The molecule has 7 heteroatoms. The Labute approximate surface area is 176 Å². The highest BCUT2D eigenvalue weighted by atomic mass is 16.5. The van der Waals surface area contributed by atoms with Crippen LogP contribution in [-0.2, 0) is 18.9 Å². The molecule has 0 aromatic carbocycles. The smallest absolute Gasteiger partial charge is 0.193 e. The zero-order valence-electron chi connectivity index (χ0n) is 18.3. The maximum atomic E-state index is 6.14. The van der Waals surface area contributed by atoms with Crippen molar-refractivity contribution in [3.63, 3.8) is 0 Å². The summed E-state index contributed by atoms with van der Waals surface area (Å²) in [7, 11) is 0. The van der Waals surface area contributed by atoms with E-state index in [-0.39, 0.29) is 0 Å². The number of piperidine rings is 1. The normalized spacial score (nSPS) is 26.8. The second-order valence-corrected chi connectivity index (χ2v) is 8.40. The molecule has 0 aromatic rings. The van der Waals surface area contributed by atoms with E-state index < -0.39 is 0 Å². The number of hydrogen-bond acceptors (Lipinski definition) is 5. The molecule has 3 aliphatic rings. The second-order valence-electron chi connectivity index (χ2n) is 8.40. The number of ether oxygens (including phenoxy) is 4. The molecular formula is C22H41N3O4. The van der Waals surface area contributed by atoms with Crippen molar-refractivity contribution in [2.45, 2.75) is 64.1 Å². The van der Waals surface area contributed by atoms with Crippen LogP contribution in [0.5, 0.6) is 0 Å². The average molecular weight is 412 g/mol. The van der Waals surface area contributed by atoms with Gasteiger partial charge in [0.2, 0.25) is 0 Å². The molecular weight excluding hydrogens is 370 g/mol. The number of guanidine groups is 1. The summed E-state index contributed by atoms with van der Waals surface area (Å²) in [5.74, 6) is 1.62. The molecule has 7 nitrogen and oxygen atoms in total. The van der Waals surface area contributed by atoms with E-state index in [0.717, 1.165) is 104 Å². The van der Waals surface area contributed by atoms with Gasteiger partial charge in [-0.25, -0.2) is 0 Å². The van der Waals surface area contributed by atoms with Crippen molar-refractivity contribution in [1.29, 1.82) is 0 Å². The zero-order valence-corrected chi connectivity index (χ0v) is 18.3. The standard InChI is InChI=1S/C22H41N3O4/c1-2-23-22(24-10-5-13-26-16-19-9-15-27-17-19)25-11-7-20(8-12-25)29-18-21-6-3-4-14-28-21/h19-21H,2-18H2,1H3,(H,23,24). The predicted molar refractivity (Wildman–Crippen MR) is 114 cm³/mol. The van der Waals surface area contributed by atoms with Crippen LogP contribution in [0.2, 0.25) is 0 Å². The van der Waals surface area contributed by atoms with Crippen LogP contribution >= 0.6 is 0 Å². The lowest BCUT2D eigenvalue weighted by Gasteiger charge is -2.35. The number of nitrogens with one attached hydrogen (secondary N) is 1. The van der Waals surface area contributed by atoms with E-state index in [1.165, 1.54) is 12.8 Å². The molecule has 3 heterocycles. The summed E-state index contributed by atoms with van der Waals surface area (Å²) < 4.78 is 23.1. The van der Waals surface area contributed by atoms with Gasteiger partial charge in [-0.1, -0.05) is 0 Å². The first kappa shape index (κ1) is 22.8. The average Bonchev–Trinajstić information content (AvgIpc) is 3.29. The molecule has 0 saturated carbocycles. The predicted octanol–water partition coefficient (Wildman–Crippen LogP) is 2.45. The van der Waals surface area contributed by atoms with Gasteiger partial charge < -0.3 is 29.2 Å². The lowest BCUT2D eigenvalue weighted by Crippen LogP contribution is -2.47. The summed E-state index contributed by atoms with van der Waals surface area (Å²) in [5, 5.41) is 3.44. The zero-order chi connectivity index (χ0) is 20.2. The molecule has 3 rings (SSSR count). The fourth-order valence-electron chi connectivity index (χ4n) is 4.16. The van der Waals surface area contributed by atoms with Crippen LogP contribution in [0.25, 0.3) is 0 Å². The van der Waals surface area contributed by atoms with Gasteiger partial charge in [-0.05, 0) is 51.9 Å². The quantitative estimate of drug-likeness (QED) is 0.338. The fourth-order valence-corrected chi connectivity index (χ4v) is 4.16. The first-order valence-electron chi connectivity index (χ1n) is 11.8. The molecule has 3 aliphatic heterocycles.